The number of fused-ring (bicyclic) bond motifs is 1. The Bertz CT molecular complexity index is 408. The Morgan fingerprint density at radius 3 is 2.73 bits per heavy atom. The number of rotatable bonds is 2. The molecule has 0 saturated heterocycles. The van der Waals surface area contributed by atoms with E-state index in [1.165, 1.54) is 22.3 Å². The summed E-state index contributed by atoms with van der Waals surface area (Å²) in [7, 11) is 0. The highest BCUT2D eigenvalue weighted by Crippen LogP contribution is 2.30. The summed E-state index contributed by atoms with van der Waals surface area (Å²) < 4.78 is 0. The molecule has 0 unspecified atom stereocenters. The topological polar surface area (TPSA) is 0 Å². The molecule has 1 aromatic carbocycles. The van der Waals surface area contributed by atoms with Gasteiger partial charge >= 0.3 is 0 Å². The fourth-order valence-corrected chi connectivity index (χ4v) is 2.23. The van der Waals surface area contributed by atoms with Crippen molar-refractivity contribution in [3.05, 3.63) is 53.1 Å². The molecule has 0 bridgehead atoms. The van der Waals surface area contributed by atoms with Crippen molar-refractivity contribution in [2.24, 2.45) is 0 Å². The Morgan fingerprint density at radius 2 is 2.07 bits per heavy atom. The zero-order valence-corrected chi connectivity index (χ0v) is 9.59. The first-order chi connectivity index (χ1) is 7.22. The van der Waals surface area contributed by atoms with E-state index in [4.69, 9.17) is 0 Å². The molecule has 2 rings (SSSR count). The molecule has 1 aliphatic rings. The van der Waals surface area contributed by atoms with Gasteiger partial charge in [-0.05, 0) is 41.0 Å². The fraction of sp³-hybridized carbons (Fsp3) is 0.333. The van der Waals surface area contributed by atoms with Crippen LogP contribution in [-0.4, -0.2) is 0 Å². The van der Waals surface area contributed by atoms with Gasteiger partial charge < -0.3 is 0 Å². The Labute approximate surface area is 92.3 Å². The van der Waals surface area contributed by atoms with Crippen LogP contribution in [0.15, 0.2) is 36.4 Å². The zero-order chi connectivity index (χ0) is 10.8. The first kappa shape index (κ1) is 10.2. The van der Waals surface area contributed by atoms with Crippen molar-refractivity contribution in [2.75, 3.05) is 0 Å². The van der Waals surface area contributed by atoms with Crippen molar-refractivity contribution in [1.82, 2.24) is 0 Å². The van der Waals surface area contributed by atoms with Crippen LogP contribution in [0.5, 0.6) is 0 Å². The second-order valence-corrected chi connectivity index (χ2v) is 4.50. The van der Waals surface area contributed by atoms with Crippen LogP contribution in [0.2, 0.25) is 0 Å². The van der Waals surface area contributed by atoms with Gasteiger partial charge in [-0.2, -0.15) is 0 Å². The molecule has 15 heavy (non-hydrogen) atoms. The Morgan fingerprint density at radius 1 is 1.27 bits per heavy atom. The lowest BCUT2D eigenvalue weighted by Gasteiger charge is -2.19. The highest BCUT2D eigenvalue weighted by molar-refractivity contribution is 5.65. The van der Waals surface area contributed by atoms with E-state index in [1.54, 1.807) is 0 Å². The first-order valence-corrected chi connectivity index (χ1v) is 5.67. The summed E-state index contributed by atoms with van der Waals surface area (Å²) in [5.74, 6) is 0.598. The van der Waals surface area contributed by atoms with Gasteiger partial charge in [-0.15, -0.1) is 0 Å². The van der Waals surface area contributed by atoms with E-state index in [-0.39, 0.29) is 0 Å². The molecule has 0 radical (unpaired) electrons. The second-order valence-electron chi connectivity index (χ2n) is 4.50. The van der Waals surface area contributed by atoms with E-state index in [1.807, 2.05) is 6.08 Å². The molecule has 0 nitrogen and oxygen atoms in total. The highest BCUT2D eigenvalue weighted by atomic mass is 14.2. The summed E-state index contributed by atoms with van der Waals surface area (Å²) in [4.78, 5) is 0. The number of hydrogen-bond acceptors (Lipinski definition) is 0. The first-order valence-electron chi connectivity index (χ1n) is 5.67. The molecule has 0 fully saturated rings. The van der Waals surface area contributed by atoms with Crippen LogP contribution in [0.3, 0.4) is 0 Å². The van der Waals surface area contributed by atoms with Gasteiger partial charge in [-0.25, -0.2) is 0 Å². The smallest absolute Gasteiger partial charge is 0.0187 e. The van der Waals surface area contributed by atoms with Crippen molar-refractivity contribution in [3.8, 4) is 0 Å². The van der Waals surface area contributed by atoms with Crippen LogP contribution in [0.4, 0.5) is 0 Å². The van der Waals surface area contributed by atoms with Crippen LogP contribution in [0.1, 0.15) is 42.9 Å². The van der Waals surface area contributed by atoms with Crippen LogP contribution >= 0.6 is 0 Å². The van der Waals surface area contributed by atoms with Gasteiger partial charge in [0, 0.05) is 0 Å². The monoisotopic (exact) mass is 198 g/mol. The van der Waals surface area contributed by atoms with E-state index in [0.717, 1.165) is 12.8 Å². The molecule has 0 amide bonds. The SMILES string of the molecule is C=CC1=Cc2c(cccc2C(C)C)CC1. The van der Waals surface area contributed by atoms with Crippen molar-refractivity contribution in [3.63, 3.8) is 0 Å². The molecule has 0 spiro atoms. The zero-order valence-electron chi connectivity index (χ0n) is 9.59. The lowest BCUT2D eigenvalue weighted by atomic mass is 9.86. The maximum absolute atomic E-state index is 3.86. The summed E-state index contributed by atoms with van der Waals surface area (Å²) in [6.45, 7) is 8.37. The molecular formula is C15H18. The Kier molecular flexibility index (Phi) is 2.77. The molecule has 0 heteroatoms. The third-order valence-corrected chi connectivity index (χ3v) is 3.13. The Balaban J connectivity index is 2.55. The standard InChI is InChI=1S/C15H18/c1-4-12-8-9-13-6-5-7-14(11(2)3)15(13)10-12/h4-7,10-11H,1,8-9H2,2-3H3. The molecule has 0 aliphatic heterocycles. The average Bonchev–Trinajstić information content (AvgIpc) is 2.27. The van der Waals surface area contributed by atoms with Crippen molar-refractivity contribution in [1.29, 1.82) is 0 Å². The third-order valence-electron chi connectivity index (χ3n) is 3.13. The molecule has 0 heterocycles. The van der Waals surface area contributed by atoms with E-state index >= 15 is 0 Å². The molecule has 0 saturated carbocycles. The second kappa shape index (κ2) is 4.06. The largest absolute Gasteiger partial charge is 0.0988 e. The molecule has 0 aromatic heterocycles. The summed E-state index contributed by atoms with van der Waals surface area (Å²) in [5.41, 5.74) is 5.77. The lowest BCUT2D eigenvalue weighted by molar-refractivity contribution is 0.849. The van der Waals surface area contributed by atoms with E-state index in [9.17, 15) is 0 Å². The van der Waals surface area contributed by atoms with Crippen LogP contribution in [0.25, 0.3) is 6.08 Å². The number of hydrogen-bond donors (Lipinski definition) is 0. The van der Waals surface area contributed by atoms with Crippen molar-refractivity contribution in [2.45, 2.75) is 32.6 Å². The molecular weight excluding hydrogens is 180 g/mol. The summed E-state index contributed by atoms with van der Waals surface area (Å²) >= 11 is 0. The van der Waals surface area contributed by atoms with E-state index in [2.05, 4.69) is 44.7 Å². The maximum atomic E-state index is 3.86. The van der Waals surface area contributed by atoms with Crippen molar-refractivity contribution >= 4 is 6.08 Å². The normalized spacial score (nSPS) is 14.7. The van der Waals surface area contributed by atoms with Gasteiger partial charge in [0.05, 0.1) is 0 Å². The lowest BCUT2D eigenvalue weighted by Crippen LogP contribution is -2.02. The summed E-state index contributed by atoms with van der Waals surface area (Å²) in [6.07, 6.45) is 6.59. The number of aryl methyl sites for hydroxylation is 1. The summed E-state index contributed by atoms with van der Waals surface area (Å²) in [5, 5.41) is 0. The highest BCUT2D eigenvalue weighted by Gasteiger charge is 2.13. The van der Waals surface area contributed by atoms with E-state index < -0.39 is 0 Å². The minimum atomic E-state index is 0.598. The number of benzene rings is 1. The predicted molar refractivity (Wildman–Crippen MR) is 67.0 cm³/mol. The van der Waals surface area contributed by atoms with Gasteiger partial charge in [-0.3, -0.25) is 0 Å². The quantitative estimate of drug-likeness (QED) is 0.663. The molecule has 0 N–H and O–H groups in total. The van der Waals surface area contributed by atoms with Crippen molar-refractivity contribution < 1.29 is 0 Å². The fourth-order valence-electron chi connectivity index (χ4n) is 2.23. The molecule has 0 atom stereocenters. The molecule has 1 aliphatic carbocycles. The Hall–Kier alpha value is -1.30. The molecule has 1 aromatic rings. The number of allylic oxidation sites excluding steroid dienone is 2. The average molecular weight is 198 g/mol. The minimum Gasteiger partial charge on any atom is -0.0988 e. The molecule has 78 valence electrons. The third kappa shape index (κ3) is 1.90. The van der Waals surface area contributed by atoms with Gasteiger partial charge in [0.15, 0.2) is 0 Å². The van der Waals surface area contributed by atoms with Gasteiger partial charge in [0.1, 0.15) is 0 Å². The van der Waals surface area contributed by atoms with Gasteiger partial charge in [-0.1, -0.05) is 50.8 Å². The summed E-state index contributed by atoms with van der Waals surface area (Å²) in [6, 6.07) is 6.67. The minimum absolute atomic E-state index is 0.598. The maximum Gasteiger partial charge on any atom is -0.0187 e. The van der Waals surface area contributed by atoms with Gasteiger partial charge in [0.25, 0.3) is 0 Å². The van der Waals surface area contributed by atoms with Crippen LogP contribution in [0, 0.1) is 0 Å². The predicted octanol–water partition coefficient (Wildman–Crippen LogP) is 4.33. The van der Waals surface area contributed by atoms with Gasteiger partial charge in [0.2, 0.25) is 0 Å². The van der Waals surface area contributed by atoms with Crippen LogP contribution < -0.4 is 0 Å². The van der Waals surface area contributed by atoms with Crippen LogP contribution in [-0.2, 0) is 6.42 Å². The van der Waals surface area contributed by atoms with E-state index in [0.29, 0.717) is 5.92 Å².